The van der Waals surface area contributed by atoms with E-state index in [9.17, 15) is 8.42 Å². The molecule has 1 aliphatic carbocycles. The fourth-order valence-corrected chi connectivity index (χ4v) is 4.85. The van der Waals surface area contributed by atoms with Crippen LogP contribution in [0.15, 0.2) is 46.9 Å². The van der Waals surface area contributed by atoms with Gasteiger partial charge in [0, 0.05) is 26.2 Å². The minimum atomic E-state index is -3.50. The Bertz CT molecular complexity index is 1280. The Morgan fingerprint density at radius 3 is 2.43 bits per heavy atom. The molecule has 1 fully saturated rings. The highest BCUT2D eigenvalue weighted by Crippen LogP contribution is 2.39. The molecular weight excluding hydrogens is 464 g/mol. The van der Waals surface area contributed by atoms with Gasteiger partial charge in [-0.3, -0.25) is 4.31 Å². The molecule has 2 N–H and O–H groups in total. The maximum Gasteiger partial charge on any atom is 0.248 e. The number of nitrogens with zero attached hydrogens (tertiary/aromatic N) is 5. The highest BCUT2D eigenvalue weighted by molar-refractivity contribution is 7.92. The standard InChI is InChI=1S/C25H34N6O3S/c1-6-35(32,33)31(5)22-14-19(13-21(27-22)30(4)16-20-12-17(20)2)23-28-29-24(34-23)25(3,26)15-18-10-8-7-9-11-18/h7-11,13-14,17,20H,6,12,15-16,26H2,1-5H3/t17?,20?,25-/m1/s1. The summed E-state index contributed by atoms with van der Waals surface area (Å²) in [6, 6.07) is 13.4. The van der Waals surface area contributed by atoms with Crippen LogP contribution in [-0.2, 0) is 22.0 Å². The predicted octanol–water partition coefficient (Wildman–Crippen LogP) is 3.43. The molecule has 2 heterocycles. The number of rotatable bonds is 10. The Balaban J connectivity index is 1.68. The molecule has 0 aliphatic heterocycles. The van der Waals surface area contributed by atoms with E-state index in [1.54, 1.807) is 13.0 Å². The maximum absolute atomic E-state index is 12.6. The van der Waals surface area contributed by atoms with Gasteiger partial charge in [0.15, 0.2) is 0 Å². The van der Waals surface area contributed by atoms with Crippen molar-refractivity contribution >= 4 is 21.7 Å². The molecule has 1 aromatic carbocycles. The molecule has 1 aliphatic rings. The first-order valence-corrected chi connectivity index (χ1v) is 13.5. The average molecular weight is 499 g/mol. The summed E-state index contributed by atoms with van der Waals surface area (Å²) < 4.78 is 32.4. The van der Waals surface area contributed by atoms with Gasteiger partial charge in [-0.2, -0.15) is 0 Å². The Labute approximate surface area is 207 Å². The largest absolute Gasteiger partial charge is 0.419 e. The van der Waals surface area contributed by atoms with Gasteiger partial charge in [0.2, 0.25) is 21.8 Å². The summed E-state index contributed by atoms with van der Waals surface area (Å²) >= 11 is 0. The maximum atomic E-state index is 12.6. The molecule has 188 valence electrons. The van der Waals surface area contributed by atoms with Crippen LogP contribution in [0.1, 0.15) is 38.6 Å². The highest BCUT2D eigenvalue weighted by atomic mass is 32.2. The first-order chi connectivity index (χ1) is 16.5. The molecule has 0 amide bonds. The lowest BCUT2D eigenvalue weighted by molar-refractivity contribution is 0.355. The monoisotopic (exact) mass is 498 g/mol. The van der Waals surface area contributed by atoms with Crippen LogP contribution in [0, 0.1) is 11.8 Å². The van der Waals surface area contributed by atoms with Gasteiger partial charge in [-0.05, 0) is 56.2 Å². The van der Waals surface area contributed by atoms with Gasteiger partial charge in [-0.1, -0.05) is 37.3 Å². The van der Waals surface area contributed by atoms with Gasteiger partial charge in [0.25, 0.3) is 0 Å². The van der Waals surface area contributed by atoms with E-state index < -0.39 is 15.6 Å². The quantitative estimate of drug-likeness (QED) is 0.452. The number of aromatic nitrogens is 3. The minimum Gasteiger partial charge on any atom is -0.419 e. The van der Waals surface area contributed by atoms with E-state index in [1.165, 1.54) is 17.8 Å². The van der Waals surface area contributed by atoms with Crippen LogP contribution in [0.25, 0.3) is 11.5 Å². The zero-order chi connectivity index (χ0) is 25.4. The zero-order valence-electron chi connectivity index (χ0n) is 21.0. The summed E-state index contributed by atoms with van der Waals surface area (Å²) in [6.07, 6.45) is 1.71. The number of nitrogens with two attached hydrogens (primary N) is 1. The molecule has 0 spiro atoms. The molecule has 0 bridgehead atoms. The third-order valence-electron chi connectivity index (χ3n) is 6.65. The summed E-state index contributed by atoms with van der Waals surface area (Å²) in [5.41, 5.74) is 7.35. The van der Waals surface area contributed by atoms with Crippen LogP contribution >= 0.6 is 0 Å². The lowest BCUT2D eigenvalue weighted by atomic mass is 9.94. The second-order valence-corrected chi connectivity index (χ2v) is 12.1. The van der Waals surface area contributed by atoms with Crippen molar-refractivity contribution in [2.45, 2.75) is 39.2 Å². The predicted molar refractivity (Wildman–Crippen MR) is 138 cm³/mol. The SMILES string of the molecule is CCS(=O)(=O)N(C)c1cc(-c2nnc([C@](C)(N)Cc3ccccc3)o2)cc(N(C)CC2CC2C)n1. The van der Waals surface area contributed by atoms with Crippen LogP contribution in [0.4, 0.5) is 11.6 Å². The lowest BCUT2D eigenvalue weighted by Gasteiger charge is -2.23. The number of hydrogen-bond donors (Lipinski definition) is 1. The Morgan fingerprint density at radius 2 is 1.80 bits per heavy atom. The molecule has 3 aromatic rings. The second kappa shape index (κ2) is 9.58. The molecule has 2 aromatic heterocycles. The number of anilines is 2. The van der Waals surface area contributed by atoms with Crippen molar-refractivity contribution in [1.82, 2.24) is 15.2 Å². The van der Waals surface area contributed by atoms with Crippen LogP contribution in [0.2, 0.25) is 0 Å². The van der Waals surface area contributed by atoms with Crippen molar-refractivity contribution in [2.24, 2.45) is 17.6 Å². The Hall–Kier alpha value is -2.98. The third-order valence-corrected chi connectivity index (χ3v) is 8.40. The second-order valence-electron chi connectivity index (χ2n) is 9.79. The van der Waals surface area contributed by atoms with E-state index in [0.29, 0.717) is 41.3 Å². The van der Waals surface area contributed by atoms with Gasteiger partial charge < -0.3 is 15.1 Å². The van der Waals surface area contributed by atoms with Crippen molar-refractivity contribution < 1.29 is 12.8 Å². The van der Waals surface area contributed by atoms with Gasteiger partial charge in [0.1, 0.15) is 11.6 Å². The smallest absolute Gasteiger partial charge is 0.248 e. The first kappa shape index (κ1) is 25.1. The summed E-state index contributed by atoms with van der Waals surface area (Å²) in [6.45, 7) is 6.53. The summed E-state index contributed by atoms with van der Waals surface area (Å²) in [4.78, 5) is 6.70. The Kier molecular flexibility index (Phi) is 6.88. The van der Waals surface area contributed by atoms with E-state index >= 15 is 0 Å². The fourth-order valence-electron chi connectivity index (χ4n) is 4.08. The lowest BCUT2D eigenvalue weighted by Crippen LogP contribution is -2.35. The summed E-state index contributed by atoms with van der Waals surface area (Å²) in [5, 5.41) is 8.49. The van der Waals surface area contributed by atoms with Crippen molar-refractivity contribution in [2.75, 3.05) is 35.6 Å². The Morgan fingerprint density at radius 1 is 1.14 bits per heavy atom. The number of hydrogen-bond acceptors (Lipinski definition) is 8. The molecule has 1 saturated carbocycles. The minimum absolute atomic E-state index is 0.0319. The van der Waals surface area contributed by atoms with Crippen LogP contribution in [0.5, 0.6) is 0 Å². The van der Waals surface area contributed by atoms with E-state index in [4.69, 9.17) is 10.2 Å². The molecule has 10 heteroatoms. The van der Waals surface area contributed by atoms with Gasteiger partial charge >= 0.3 is 0 Å². The summed E-state index contributed by atoms with van der Waals surface area (Å²) in [5.74, 6) is 2.79. The zero-order valence-corrected chi connectivity index (χ0v) is 21.8. The van der Waals surface area contributed by atoms with Crippen molar-refractivity contribution in [1.29, 1.82) is 0 Å². The molecule has 0 radical (unpaired) electrons. The number of benzene rings is 1. The highest BCUT2D eigenvalue weighted by Gasteiger charge is 2.34. The van der Waals surface area contributed by atoms with E-state index in [1.807, 2.05) is 55.3 Å². The molecule has 2 unspecified atom stereocenters. The van der Waals surface area contributed by atoms with Gasteiger partial charge in [-0.15, -0.1) is 10.2 Å². The summed E-state index contributed by atoms with van der Waals surface area (Å²) in [7, 11) is -0.0278. The van der Waals surface area contributed by atoms with E-state index in [-0.39, 0.29) is 11.6 Å². The van der Waals surface area contributed by atoms with E-state index in [0.717, 1.165) is 12.1 Å². The van der Waals surface area contributed by atoms with Gasteiger partial charge in [-0.25, -0.2) is 13.4 Å². The molecule has 4 rings (SSSR count). The number of pyridine rings is 1. The molecule has 35 heavy (non-hydrogen) atoms. The molecular formula is C25H34N6O3S. The van der Waals surface area contributed by atoms with Crippen molar-refractivity contribution in [3.8, 4) is 11.5 Å². The van der Waals surface area contributed by atoms with Crippen LogP contribution in [0.3, 0.4) is 0 Å². The van der Waals surface area contributed by atoms with Crippen molar-refractivity contribution in [3.63, 3.8) is 0 Å². The molecule has 0 saturated heterocycles. The molecule has 3 atom stereocenters. The molecule has 9 nitrogen and oxygen atoms in total. The van der Waals surface area contributed by atoms with Gasteiger partial charge in [0.05, 0.1) is 11.3 Å². The fraction of sp³-hybridized carbons (Fsp3) is 0.480. The van der Waals surface area contributed by atoms with E-state index in [2.05, 4.69) is 22.1 Å². The van der Waals surface area contributed by atoms with Crippen LogP contribution in [-0.4, -0.2) is 50.0 Å². The normalized spacial score (nSPS) is 19.3. The van der Waals surface area contributed by atoms with Crippen molar-refractivity contribution in [3.05, 3.63) is 53.9 Å². The number of sulfonamides is 1. The average Bonchev–Trinajstić information content (AvgIpc) is 3.30. The topological polar surface area (TPSA) is 118 Å². The third kappa shape index (κ3) is 5.65. The van der Waals surface area contributed by atoms with Crippen LogP contribution < -0.4 is 14.9 Å². The first-order valence-electron chi connectivity index (χ1n) is 11.9.